The van der Waals surface area contributed by atoms with Crippen LogP contribution < -0.4 is 16.8 Å². The van der Waals surface area contributed by atoms with Crippen LogP contribution in [0, 0.1) is 0 Å². The van der Waals surface area contributed by atoms with Crippen LogP contribution in [0.1, 0.15) is 28.9 Å². The van der Waals surface area contributed by atoms with Gasteiger partial charge in [-0.05, 0) is 30.7 Å². The minimum atomic E-state index is -0.748. The van der Waals surface area contributed by atoms with E-state index in [4.69, 9.17) is 16.2 Å². The number of primary amides is 2. The van der Waals surface area contributed by atoms with Crippen molar-refractivity contribution in [2.75, 3.05) is 18.4 Å². The summed E-state index contributed by atoms with van der Waals surface area (Å²) in [4.78, 5) is 36.2. The smallest absolute Gasteiger partial charge is 0.350 e. The molecule has 1 aliphatic heterocycles. The van der Waals surface area contributed by atoms with Crippen molar-refractivity contribution in [1.82, 2.24) is 4.90 Å². The zero-order chi connectivity index (χ0) is 16.1. The number of nitrogens with zero attached hydrogens (tertiary/aromatic N) is 1. The van der Waals surface area contributed by atoms with E-state index >= 15 is 0 Å². The van der Waals surface area contributed by atoms with Gasteiger partial charge in [0.05, 0.1) is 12.2 Å². The fourth-order valence-electron chi connectivity index (χ4n) is 2.30. The second-order valence-corrected chi connectivity index (χ2v) is 5.88. The Labute approximate surface area is 131 Å². The maximum Gasteiger partial charge on any atom is 0.350 e. The minimum Gasteiger partial charge on any atom is -0.456 e. The molecule has 1 atom stereocenters. The van der Waals surface area contributed by atoms with Gasteiger partial charge in [0.1, 0.15) is 11.0 Å². The lowest BCUT2D eigenvalue weighted by Crippen LogP contribution is -2.41. The topological polar surface area (TPSA) is 128 Å². The predicted octanol–water partition coefficient (Wildman–Crippen LogP) is 1.33. The van der Waals surface area contributed by atoms with Gasteiger partial charge in [-0.25, -0.2) is 14.4 Å². The van der Waals surface area contributed by atoms with E-state index in [1.807, 2.05) is 0 Å². The lowest BCUT2D eigenvalue weighted by molar-refractivity contribution is 0.0247. The summed E-state index contributed by atoms with van der Waals surface area (Å²) in [5.41, 5.74) is 10.7. The van der Waals surface area contributed by atoms with Gasteiger partial charge in [0.2, 0.25) is 0 Å². The van der Waals surface area contributed by atoms with Crippen LogP contribution in [0.4, 0.5) is 15.3 Å². The molecule has 120 valence electrons. The molecule has 0 bridgehead atoms. The molecule has 0 radical (unpaired) electrons. The zero-order valence-corrected chi connectivity index (χ0v) is 12.7. The molecule has 0 aromatic carbocycles. The first kappa shape index (κ1) is 16.1. The number of thiophene rings is 1. The van der Waals surface area contributed by atoms with E-state index in [-0.39, 0.29) is 11.4 Å². The lowest BCUT2D eigenvalue weighted by atomic mass is 10.2. The molecule has 2 heterocycles. The number of anilines is 1. The van der Waals surface area contributed by atoms with Crippen LogP contribution in [0.2, 0.25) is 0 Å². The van der Waals surface area contributed by atoms with Crippen molar-refractivity contribution in [2.45, 2.75) is 25.4 Å². The number of hydrogen-bond acceptors (Lipinski definition) is 5. The number of hydrogen-bond donors (Lipinski definition) is 3. The molecule has 1 aromatic heterocycles. The van der Waals surface area contributed by atoms with Gasteiger partial charge >= 0.3 is 18.0 Å². The maximum atomic E-state index is 12.2. The third-order valence-corrected chi connectivity index (χ3v) is 4.22. The number of carbonyl (C=O) groups is 3. The van der Waals surface area contributed by atoms with Crippen molar-refractivity contribution in [1.29, 1.82) is 0 Å². The molecule has 1 unspecified atom stereocenters. The first-order chi connectivity index (χ1) is 10.5. The number of rotatable bonds is 3. The third kappa shape index (κ3) is 4.10. The lowest BCUT2D eigenvalue weighted by Gasteiger charge is -2.22. The molecule has 1 fully saturated rings. The molecule has 2 rings (SSSR count). The van der Waals surface area contributed by atoms with Crippen LogP contribution >= 0.6 is 11.3 Å². The summed E-state index contributed by atoms with van der Waals surface area (Å²) >= 11 is 1.15. The van der Waals surface area contributed by atoms with Crippen molar-refractivity contribution in [3.05, 3.63) is 16.3 Å². The molecule has 0 spiro atoms. The largest absolute Gasteiger partial charge is 0.456 e. The Morgan fingerprint density at radius 2 is 2.09 bits per heavy atom. The Morgan fingerprint density at radius 1 is 1.32 bits per heavy atom. The monoisotopic (exact) mass is 326 g/mol. The molecule has 1 aromatic rings. The third-order valence-electron chi connectivity index (χ3n) is 3.32. The maximum absolute atomic E-state index is 12.2. The van der Waals surface area contributed by atoms with Gasteiger partial charge < -0.3 is 26.4 Å². The van der Waals surface area contributed by atoms with Gasteiger partial charge in [0, 0.05) is 6.54 Å². The van der Waals surface area contributed by atoms with Gasteiger partial charge in [0.15, 0.2) is 0 Å². The standard InChI is InChI=1S/C13H18N4O4S/c14-12(19)16-9-4-6-22-10(9)11(18)21-8-3-1-2-5-17(7-8)13(15)20/h4,6,8H,1-3,5,7H2,(H2,15,20)(H3,14,16,19). The van der Waals surface area contributed by atoms with E-state index < -0.39 is 24.1 Å². The van der Waals surface area contributed by atoms with Crippen molar-refractivity contribution in [3.8, 4) is 0 Å². The van der Waals surface area contributed by atoms with Crippen LogP contribution in [0.25, 0.3) is 0 Å². The van der Waals surface area contributed by atoms with Crippen molar-refractivity contribution >= 4 is 35.1 Å². The average molecular weight is 326 g/mol. The summed E-state index contributed by atoms with van der Waals surface area (Å²) in [5, 5.41) is 4.03. The number of esters is 1. The second-order valence-electron chi connectivity index (χ2n) is 4.96. The fourth-order valence-corrected chi connectivity index (χ4v) is 3.03. The number of amides is 4. The van der Waals surface area contributed by atoms with Crippen LogP contribution in [0.5, 0.6) is 0 Å². The number of carbonyl (C=O) groups excluding carboxylic acids is 3. The van der Waals surface area contributed by atoms with Gasteiger partial charge in [-0.3, -0.25) is 0 Å². The Balaban J connectivity index is 2.03. The molecule has 4 amide bonds. The van der Waals surface area contributed by atoms with Gasteiger partial charge in [0.25, 0.3) is 0 Å². The summed E-state index contributed by atoms with van der Waals surface area (Å²) in [5.74, 6) is -0.546. The second kappa shape index (κ2) is 7.12. The summed E-state index contributed by atoms with van der Waals surface area (Å²) in [6, 6.07) is 0.312. The normalized spacial score (nSPS) is 18.4. The number of likely N-dealkylation sites (tertiary alicyclic amines) is 1. The van der Waals surface area contributed by atoms with E-state index in [9.17, 15) is 14.4 Å². The highest BCUT2D eigenvalue weighted by molar-refractivity contribution is 7.12. The summed E-state index contributed by atoms with van der Waals surface area (Å²) in [6.45, 7) is 0.849. The zero-order valence-electron chi connectivity index (χ0n) is 11.9. The van der Waals surface area contributed by atoms with Gasteiger partial charge in [-0.2, -0.15) is 0 Å². The van der Waals surface area contributed by atoms with E-state index in [1.54, 1.807) is 11.4 Å². The molecule has 1 aliphatic rings. The van der Waals surface area contributed by atoms with E-state index in [1.165, 1.54) is 4.90 Å². The molecule has 9 heteroatoms. The van der Waals surface area contributed by atoms with Crippen LogP contribution in [-0.4, -0.2) is 42.1 Å². The SMILES string of the molecule is NC(=O)Nc1ccsc1C(=O)OC1CCCCN(C(N)=O)C1. The van der Waals surface area contributed by atoms with Crippen molar-refractivity contribution in [3.63, 3.8) is 0 Å². The van der Waals surface area contributed by atoms with Crippen LogP contribution in [0.3, 0.4) is 0 Å². The van der Waals surface area contributed by atoms with Gasteiger partial charge in [-0.1, -0.05) is 0 Å². The van der Waals surface area contributed by atoms with Crippen LogP contribution in [0.15, 0.2) is 11.4 Å². The van der Waals surface area contributed by atoms with Crippen molar-refractivity contribution < 1.29 is 19.1 Å². The number of ether oxygens (including phenoxy) is 1. The highest BCUT2D eigenvalue weighted by Gasteiger charge is 2.25. The van der Waals surface area contributed by atoms with E-state index in [2.05, 4.69) is 5.32 Å². The number of urea groups is 2. The highest BCUT2D eigenvalue weighted by Crippen LogP contribution is 2.24. The first-order valence-corrected chi connectivity index (χ1v) is 7.74. The fraction of sp³-hybridized carbons (Fsp3) is 0.462. The molecule has 8 nitrogen and oxygen atoms in total. The summed E-state index contributed by atoms with van der Waals surface area (Å²) in [6.07, 6.45) is 1.92. The predicted molar refractivity (Wildman–Crippen MR) is 81.7 cm³/mol. The Bertz CT molecular complexity index is 574. The molecule has 22 heavy (non-hydrogen) atoms. The Kier molecular flexibility index (Phi) is 5.21. The van der Waals surface area contributed by atoms with E-state index in [0.717, 1.165) is 24.2 Å². The minimum absolute atomic E-state index is 0.272. The molecule has 0 aliphatic carbocycles. The highest BCUT2D eigenvalue weighted by atomic mass is 32.1. The van der Waals surface area contributed by atoms with Gasteiger partial charge in [-0.15, -0.1) is 11.3 Å². The summed E-state index contributed by atoms with van der Waals surface area (Å²) < 4.78 is 5.45. The molecular weight excluding hydrogens is 308 g/mol. The summed E-state index contributed by atoms with van der Waals surface area (Å²) in [7, 11) is 0. The quantitative estimate of drug-likeness (QED) is 0.724. The van der Waals surface area contributed by atoms with E-state index in [0.29, 0.717) is 18.7 Å². The van der Waals surface area contributed by atoms with Crippen molar-refractivity contribution in [2.24, 2.45) is 11.5 Å². The average Bonchev–Trinajstić information content (AvgIpc) is 2.75. The molecule has 0 saturated carbocycles. The van der Waals surface area contributed by atoms with Crippen LogP contribution in [-0.2, 0) is 4.74 Å². The number of nitrogens with one attached hydrogen (secondary N) is 1. The Morgan fingerprint density at radius 3 is 2.77 bits per heavy atom. The Hall–Kier alpha value is -2.29. The number of nitrogens with two attached hydrogens (primary N) is 2. The molecule has 5 N–H and O–H groups in total. The molecule has 1 saturated heterocycles. The first-order valence-electron chi connectivity index (χ1n) is 6.86. The molecular formula is C13H18N4O4S.